The number of carbonyl (C=O) groups is 3. The standard InChI is InChI=1S/C17H20ClN3O4/c1-9-6-12(13(25-3)7-11(9)18)19-14(22)8-21-15(23)17(2,10-4-5-10)20-16(21)24/h6-7,10H,4-5,8H2,1-3H3,(H,19,22)(H,20,24). The molecule has 1 aliphatic carbocycles. The molecule has 2 N–H and O–H groups in total. The second-order valence-corrected chi connectivity index (χ2v) is 7.06. The van der Waals surface area contributed by atoms with Crippen molar-refractivity contribution in [3.8, 4) is 5.75 Å². The van der Waals surface area contributed by atoms with Crippen LogP contribution in [0.3, 0.4) is 0 Å². The largest absolute Gasteiger partial charge is 0.495 e. The summed E-state index contributed by atoms with van der Waals surface area (Å²) in [6, 6.07) is 2.75. The van der Waals surface area contributed by atoms with Gasteiger partial charge in [-0.15, -0.1) is 0 Å². The Kier molecular flexibility index (Phi) is 4.36. The molecule has 4 amide bonds. The van der Waals surface area contributed by atoms with Gasteiger partial charge in [0.25, 0.3) is 5.91 Å². The molecule has 1 heterocycles. The lowest BCUT2D eigenvalue weighted by atomic mass is 9.96. The van der Waals surface area contributed by atoms with Crippen molar-refractivity contribution in [2.45, 2.75) is 32.2 Å². The number of nitrogens with one attached hydrogen (secondary N) is 2. The van der Waals surface area contributed by atoms with Gasteiger partial charge >= 0.3 is 6.03 Å². The van der Waals surface area contributed by atoms with E-state index < -0.39 is 17.5 Å². The number of nitrogens with zero attached hydrogens (tertiary/aromatic N) is 1. The molecule has 3 rings (SSSR count). The fourth-order valence-electron chi connectivity index (χ4n) is 3.06. The van der Waals surface area contributed by atoms with Crippen molar-refractivity contribution in [3.63, 3.8) is 0 Å². The molecule has 0 bridgehead atoms. The maximum absolute atomic E-state index is 12.5. The van der Waals surface area contributed by atoms with Gasteiger partial charge in [-0.2, -0.15) is 0 Å². The number of methoxy groups -OCH3 is 1. The highest BCUT2D eigenvalue weighted by Crippen LogP contribution is 2.42. The van der Waals surface area contributed by atoms with Gasteiger partial charge < -0.3 is 15.4 Å². The number of halogens is 1. The smallest absolute Gasteiger partial charge is 0.325 e. The number of amides is 4. The number of ether oxygens (including phenoxy) is 1. The molecule has 134 valence electrons. The molecule has 1 unspecified atom stereocenters. The molecule has 25 heavy (non-hydrogen) atoms. The molecule has 1 aliphatic heterocycles. The average Bonchev–Trinajstić information content (AvgIpc) is 3.37. The van der Waals surface area contributed by atoms with Crippen LogP contribution in [0.15, 0.2) is 12.1 Å². The summed E-state index contributed by atoms with van der Waals surface area (Å²) in [5, 5.41) is 5.91. The second-order valence-electron chi connectivity index (χ2n) is 6.65. The predicted molar refractivity (Wildman–Crippen MR) is 92.7 cm³/mol. The predicted octanol–water partition coefficient (Wildman–Crippen LogP) is 2.32. The molecule has 0 aromatic heterocycles. The van der Waals surface area contributed by atoms with Crippen molar-refractivity contribution in [3.05, 3.63) is 22.7 Å². The van der Waals surface area contributed by atoms with Crippen molar-refractivity contribution in [2.75, 3.05) is 19.0 Å². The van der Waals surface area contributed by atoms with Crippen LogP contribution in [0.1, 0.15) is 25.3 Å². The number of aryl methyl sites for hydroxylation is 1. The Balaban J connectivity index is 1.72. The van der Waals surface area contributed by atoms with Gasteiger partial charge in [0.2, 0.25) is 5.91 Å². The zero-order valence-electron chi connectivity index (χ0n) is 14.3. The third-order valence-corrected chi connectivity index (χ3v) is 5.16. The molecule has 7 nitrogen and oxygen atoms in total. The van der Waals surface area contributed by atoms with Crippen molar-refractivity contribution in [1.82, 2.24) is 10.2 Å². The van der Waals surface area contributed by atoms with Gasteiger partial charge in [-0.25, -0.2) is 4.79 Å². The van der Waals surface area contributed by atoms with E-state index in [0.29, 0.717) is 16.5 Å². The van der Waals surface area contributed by atoms with E-state index in [9.17, 15) is 14.4 Å². The van der Waals surface area contributed by atoms with Gasteiger partial charge in [0.05, 0.1) is 12.8 Å². The quantitative estimate of drug-likeness (QED) is 0.784. The number of imide groups is 1. The Morgan fingerprint density at radius 2 is 2.12 bits per heavy atom. The fraction of sp³-hybridized carbons (Fsp3) is 0.471. The van der Waals surface area contributed by atoms with Gasteiger partial charge in [-0.1, -0.05) is 11.6 Å². The molecule has 1 saturated carbocycles. The first-order valence-electron chi connectivity index (χ1n) is 8.04. The molecule has 1 aromatic rings. The molecule has 1 atom stereocenters. The van der Waals surface area contributed by atoms with Crippen LogP contribution in [0.5, 0.6) is 5.75 Å². The van der Waals surface area contributed by atoms with Crippen LogP contribution in [-0.4, -0.2) is 41.9 Å². The van der Waals surface area contributed by atoms with Gasteiger partial charge in [0.15, 0.2) is 0 Å². The monoisotopic (exact) mass is 365 g/mol. The minimum absolute atomic E-state index is 0.149. The number of rotatable bonds is 5. The number of urea groups is 1. The van der Waals surface area contributed by atoms with E-state index in [-0.39, 0.29) is 18.4 Å². The molecule has 0 spiro atoms. The molecule has 1 saturated heterocycles. The topological polar surface area (TPSA) is 87.7 Å². The van der Waals surface area contributed by atoms with Gasteiger partial charge in [0, 0.05) is 11.1 Å². The molecule has 2 fully saturated rings. The third kappa shape index (κ3) is 3.16. The minimum Gasteiger partial charge on any atom is -0.495 e. The summed E-state index contributed by atoms with van der Waals surface area (Å²) in [6.45, 7) is 3.17. The van der Waals surface area contributed by atoms with Crippen LogP contribution >= 0.6 is 11.6 Å². The van der Waals surface area contributed by atoms with Crippen LogP contribution in [0.25, 0.3) is 0 Å². The lowest BCUT2D eigenvalue weighted by Gasteiger charge is -2.21. The Labute approximate surface area is 150 Å². The van der Waals surface area contributed by atoms with Crippen LogP contribution in [-0.2, 0) is 9.59 Å². The van der Waals surface area contributed by atoms with Crippen molar-refractivity contribution in [1.29, 1.82) is 0 Å². The highest BCUT2D eigenvalue weighted by molar-refractivity contribution is 6.31. The zero-order valence-corrected chi connectivity index (χ0v) is 15.1. The Bertz CT molecular complexity index is 763. The highest BCUT2D eigenvalue weighted by atomic mass is 35.5. The fourth-order valence-corrected chi connectivity index (χ4v) is 3.21. The number of carbonyl (C=O) groups excluding carboxylic acids is 3. The van der Waals surface area contributed by atoms with Gasteiger partial charge in [-0.05, 0) is 44.2 Å². The van der Waals surface area contributed by atoms with Crippen molar-refractivity contribution >= 4 is 35.1 Å². The highest BCUT2D eigenvalue weighted by Gasteiger charge is 2.56. The summed E-state index contributed by atoms with van der Waals surface area (Å²) in [6.07, 6.45) is 1.81. The molecule has 8 heteroatoms. The summed E-state index contributed by atoms with van der Waals surface area (Å²) in [5.74, 6) is -0.280. The Hall–Kier alpha value is -2.28. The number of hydrogen-bond donors (Lipinski definition) is 2. The molecular formula is C17H20ClN3O4. The van der Waals surface area contributed by atoms with Crippen LogP contribution in [0.2, 0.25) is 5.02 Å². The summed E-state index contributed by atoms with van der Waals surface area (Å²) in [5.41, 5.74) is 0.312. The second kappa shape index (κ2) is 6.22. The first kappa shape index (κ1) is 17.5. The number of benzene rings is 1. The maximum atomic E-state index is 12.5. The summed E-state index contributed by atoms with van der Waals surface area (Å²) < 4.78 is 5.21. The molecule has 1 aromatic carbocycles. The van der Waals surface area contributed by atoms with E-state index in [1.165, 1.54) is 7.11 Å². The Morgan fingerprint density at radius 3 is 2.72 bits per heavy atom. The van der Waals surface area contributed by atoms with Crippen molar-refractivity contribution in [2.24, 2.45) is 5.92 Å². The first-order valence-corrected chi connectivity index (χ1v) is 8.42. The lowest BCUT2D eigenvalue weighted by Crippen LogP contribution is -2.46. The van der Waals surface area contributed by atoms with E-state index in [0.717, 1.165) is 23.3 Å². The Morgan fingerprint density at radius 1 is 1.44 bits per heavy atom. The molecule has 0 radical (unpaired) electrons. The summed E-state index contributed by atoms with van der Waals surface area (Å²) in [4.78, 5) is 38.0. The van der Waals surface area contributed by atoms with E-state index in [1.807, 2.05) is 0 Å². The number of hydrogen-bond acceptors (Lipinski definition) is 4. The van der Waals surface area contributed by atoms with E-state index in [4.69, 9.17) is 16.3 Å². The molecular weight excluding hydrogens is 346 g/mol. The number of anilines is 1. The summed E-state index contributed by atoms with van der Waals surface area (Å²) >= 11 is 6.05. The third-order valence-electron chi connectivity index (χ3n) is 4.75. The minimum atomic E-state index is -0.897. The van der Waals surface area contributed by atoms with Crippen LogP contribution in [0.4, 0.5) is 10.5 Å². The SMILES string of the molecule is COc1cc(Cl)c(C)cc1NC(=O)CN1C(=O)NC(C)(C2CC2)C1=O. The molecule has 2 aliphatic rings. The lowest BCUT2D eigenvalue weighted by molar-refractivity contribution is -0.134. The van der Waals surface area contributed by atoms with E-state index in [2.05, 4.69) is 10.6 Å². The van der Waals surface area contributed by atoms with Gasteiger partial charge in [0.1, 0.15) is 17.8 Å². The van der Waals surface area contributed by atoms with E-state index >= 15 is 0 Å². The normalized spacial score (nSPS) is 22.8. The van der Waals surface area contributed by atoms with E-state index in [1.54, 1.807) is 26.0 Å². The first-order chi connectivity index (χ1) is 11.8. The maximum Gasteiger partial charge on any atom is 0.325 e. The van der Waals surface area contributed by atoms with Gasteiger partial charge in [-0.3, -0.25) is 14.5 Å². The van der Waals surface area contributed by atoms with Crippen LogP contribution < -0.4 is 15.4 Å². The van der Waals surface area contributed by atoms with Crippen LogP contribution in [0, 0.1) is 12.8 Å². The summed E-state index contributed by atoms with van der Waals surface area (Å²) in [7, 11) is 1.47. The zero-order chi connectivity index (χ0) is 18.4. The average molecular weight is 366 g/mol. The van der Waals surface area contributed by atoms with Crippen molar-refractivity contribution < 1.29 is 19.1 Å².